The van der Waals surface area contributed by atoms with E-state index < -0.39 is 0 Å². The van der Waals surface area contributed by atoms with Crippen molar-refractivity contribution in [1.29, 1.82) is 0 Å². The van der Waals surface area contributed by atoms with E-state index in [-0.39, 0.29) is 0 Å². The van der Waals surface area contributed by atoms with Gasteiger partial charge in [-0.25, -0.2) is 0 Å². The molecule has 1 aromatic carbocycles. The predicted octanol–water partition coefficient (Wildman–Crippen LogP) is 2.34. The van der Waals surface area contributed by atoms with Crippen molar-refractivity contribution in [3.05, 3.63) is 28.8 Å². The van der Waals surface area contributed by atoms with Crippen molar-refractivity contribution in [3.63, 3.8) is 0 Å². The van der Waals surface area contributed by atoms with Crippen LogP contribution in [-0.4, -0.2) is 31.5 Å². The van der Waals surface area contributed by atoms with E-state index in [0.717, 1.165) is 25.1 Å². The van der Waals surface area contributed by atoms with Crippen molar-refractivity contribution in [2.24, 2.45) is 0 Å². The Labute approximate surface area is 107 Å². The number of nitrogens with zero attached hydrogens (tertiary/aromatic N) is 1. The van der Waals surface area contributed by atoms with E-state index in [4.69, 9.17) is 11.6 Å². The number of halogens is 1. The van der Waals surface area contributed by atoms with E-state index in [2.05, 4.69) is 24.1 Å². The first-order valence-corrected chi connectivity index (χ1v) is 6.24. The molecule has 1 aromatic rings. The van der Waals surface area contributed by atoms with Crippen LogP contribution >= 0.6 is 11.6 Å². The third-order valence-electron chi connectivity index (χ3n) is 3.02. The minimum atomic E-state index is 0.398. The van der Waals surface area contributed by atoms with Gasteiger partial charge in [-0.1, -0.05) is 17.7 Å². The first-order chi connectivity index (χ1) is 8.11. The highest BCUT2D eigenvalue weighted by Crippen LogP contribution is 2.30. The topological polar surface area (TPSA) is 32.3 Å². The lowest BCUT2D eigenvalue weighted by atomic mass is 10.1. The zero-order chi connectivity index (χ0) is 12.4. The summed E-state index contributed by atoms with van der Waals surface area (Å²) in [5, 5.41) is 4.11. The Balaban J connectivity index is 2.35. The number of hydrogen-bond donors (Lipinski definition) is 1. The Morgan fingerprint density at radius 1 is 1.35 bits per heavy atom. The summed E-state index contributed by atoms with van der Waals surface area (Å²) >= 11 is 6.22. The number of anilines is 1. The van der Waals surface area contributed by atoms with Gasteiger partial charge in [-0.2, -0.15) is 0 Å². The molecule has 0 spiro atoms. The molecule has 3 nitrogen and oxygen atoms in total. The molecule has 0 unspecified atom stereocenters. The molecule has 0 aromatic heterocycles. The summed E-state index contributed by atoms with van der Waals surface area (Å²) in [5.74, 6) is 0. The average Bonchev–Trinajstić information content (AvgIpc) is 2.27. The normalized spacial score (nSPS) is 24.8. The smallest absolute Gasteiger partial charge is 0.152 e. The van der Waals surface area contributed by atoms with Crippen molar-refractivity contribution < 1.29 is 4.79 Å². The van der Waals surface area contributed by atoms with E-state index in [0.29, 0.717) is 22.7 Å². The largest absolute Gasteiger partial charge is 0.367 e. The lowest BCUT2D eigenvalue weighted by molar-refractivity contribution is 0.112. The van der Waals surface area contributed by atoms with Crippen molar-refractivity contribution >= 4 is 23.6 Å². The third-order valence-corrected chi connectivity index (χ3v) is 3.32. The van der Waals surface area contributed by atoms with Crippen molar-refractivity contribution in [3.8, 4) is 0 Å². The number of rotatable bonds is 2. The Kier molecular flexibility index (Phi) is 3.69. The fourth-order valence-electron chi connectivity index (χ4n) is 2.47. The van der Waals surface area contributed by atoms with Crippen LogP contribution in [0, 0.1) is 0 Å². The molecule has 1 heterocycles. The van der Waals surface area contributed by atoms with Gasteiger partial charge in [0.1, 0.15) is 0 Å². The molecule has 4 heteroatoms. The predicted molar refractivity (Wildman–Crippen MR) is 71.1 cm³/mol. The van der Waals surface area contributed by atoms with E-state index in [1.165, 1.54) is 0 Å². The third kappa shape index (κ3) is 2.61. The van der Waals surface area contributed by atoms with Crippen LogP contribution in [-0.2, 0) is 0 Å². The van der Waals surface area contributed by atoms with Gasteiger partial charge in [-0.15, -0.1) is 0 Å². The van der Waals surface area contributed by atoms with Gasteiger partial charge < -0.3 is 10.2 Å². The van der Waals surface area contributed by atoms with Crippen LogP contribution in [0.15, 0.2) is 18.2 Å². The van der Waals surface area contributed by atoms with Crippen molar-refractivity contribution in [2.75, 3.05) is 18.0 Å². The number of hydrogen-bond acceptors (Lipinski definition) is 3. The number of benzene rings is 1. The first-order valence-electron chi connectivity index (χ1n) is 5.86. The minimum absolute atomic E-state index is 0.398. The molecule has 0 saturated carbocycles. The molecule has 0 amide bonds. The molecule has 0 aliphatic carbocycles. The summed E-state index contributed by atoms with van der Waals surface area (Å²) in [6, 6.07) is 6.25. The highest BCUT2D eigenvalue weighted by Gasteiger charge is 2.24. The fraction of sp³-hybridized carbons (Fsp3) is 0.462. The zero-order valence-electron chi connectivity index (χ0n) is 10.1. The summed E-state index contributed by atoms with van der Waals surface area (Å²) in [5.41, 5.74) is 1.53. The maximum Gasteiger partial charge on any atom is 0.152 e. The van der Waals surface area contributed by atoms with Gasteiger partial charge in [0.25, 0.3) is 0 Å². The van der Waals surface area contributed by atoms with Gasteiger partial charge >= 0.3 is 0 Å². The van der Waals surface area contributed by atoms with Crippen molar-refractivity contribution in [2.45, 2.75) is 25.9 Å². The highest BCUT2D eigenvalue weighted by molar-refractivity contribution is 6.33. The molecular formula is C13H17ClN2O. The maximum atomic E-state index is 11.1. The summed E-state index contributed by atoms with van der Waals surface area (Å²) in [7, 11) is 0. The fourth-order valence-corrected chi connectivity index (χ4v) is 2.77. The van der Waals surface area contributed by atoms with E-state index >= 15 is 0 Å². The van der Waals surface area contributed by atoms with Crippen molar-refractivity contribution in [1.82, 2.24) is 5.32 Å². The average molecular weight is 253 g/mol. The molecule has 0 bridgehead atoms. The standard InChI is InChI=1S/C13H17ClN2O/c1-9-6-16(7-10(2)15-9)13-11(8-17)4-3-5-12(13)14/h3-5,8-10,15H,6-7H2,1-2H3/t9-,10+. The molecule has 17 heavy (non-hydrogen) atoms. The second-order valence-corrected chi connectivity index (χ2v) is 5.08. The van der Waals surface area contributed by atoms with Gasteiger partial charge in [-0.05, 0) is 26.0 Å². The first kappa shape index (κ1) is 12.4. The van der Waals surface area contributed by atoms with Crippen LogP contribution in [0.2, 0.25) is 5.02 Å². The number of piperazine rings is 1. The van der Waals surface area contributed by atoms with E-state index in [1.807, 2.05) is 18.2 Å². The molecule has 1 aliphatic rings. The summed E-state index contributed by atoms with van der Waals surface area (Å²) in [4.78, 5) is 13.3. The number of carbonyl (C=O) groups is 1. The molecule has 92 valence electrons. The lowest BCUT2D eigenvalue weighted by Gasteiger charge is -2.38. The van der Waals surface area contributed by atoms with E-state index in [1.54, 1.807) is 0 Å². The number of aldehydes is 1. The number of para-hydroxylation sites is 1. The molecular weight excluding hydrogens is 236 g/mol. The number of nitrogens with one attached hydrogen (secondary N) is 1. The lowest BCUT2D eigenvalue weighted by Crippen LogP contribution is -2.54. The van der Waals surface area contributed by atoms with Gasteiger partial charge in [0.05, 0.1) is 10.7 Å². The van der Waals surface area contributed by atoms with Gasteiger partial charge in [0.2, 0.25) is 0 Å². The second-order valence-electron chi connectivity index (χ2n) is 4.67. The second kappa shape index (κ2) is 5.07. The molecule has 2 rings (SSSR count). The van der Waals surface area contributed by atoms with Crippen LogP contribution in [0.1, 0.15) is 24.2 Å². The summed E-state index contributed by atoms with van der Waals surface area (Å²) in [6.45, 7) is 6.02. The van der Waals surface area contributed by atoms with Crippen LogP contribution in [0.25, 0.3) is 0 Å². The SMILES string of the molecule is C[C@@H]1CN(c2c(Cl)cccc2C=O)C[C@H](C)N1. The molecule has 1 aliphatic heterocycles. The molecule has 1 saturated heterocycles. The van der Waals surface area contributed by atoms with Gasteiger partial charge in [0, 0.05) is 30.7 Å². The molecule has 1 fully saturated rings. The monoisotopic (exact) mass is 252 g/mol. The van der Waals surface area contributed by atoms with Gasteiger partial charge in [-0.3, -0.25) is 4.79 Å². The number of carbonyl (C=O) groups excluding carboxylic acids is 1. The minimum Gasteiger partial charge on any atom is -0.367 e. The Bertz CT molecular complexity index is 412. The Morgan fingerprint density at radius 2 is 2.00 bits per heavy atom. The van der Waals surface area contributed by atoms with E-state index in [9.17, 15) is 4.79 Å². The molecule has 0 radical (unpaired) electrons. The highest BCUT2D eigenvalue weighted by atomic mass is 35.5. The van der Waals surface area contributed by atoms with Crippen LogP contribution in [0.4, 0.5) is 5.69 Å². The van der Waals surface area contributed by atoms with Crippen LogP contribution in [0.5, 0.6) is 0 Å². The molecule has 2 atom stereocenters. The summed E-state index contributed by atoms with van der Waals surface area (Å²) in [6.07, 6.45) is 0.874. The Morgan fingerprint density at radius 3 is 2.59 bits per heavy atom. The zero-order valence-corrected chi connectivity index (χ0v) is 10.9. The summed E-state index contributed by atoms with van der Waals surface area (Å²) < 4.78 is 0. The van der Waals surface area contributed by atoms with Crippen LogP contribution in [0.3, 0.4) is 0 Å². The maximum absolute atomic E-state index is 11.1. The molecule has 1 N–H and O–H groups in total. The van der Waals surface area contributed by atoms with Crippen LogP contribution < -0.4 is 10.2 Å². The van der Waals surface area contributed by atoms with Gasteiger partial charge in [0.15, 0.2) is 6.29 Å². The Hall–Kier alpha value is -1.06. The quantitative estimate of drug-likeness (QED) is 0.820.